The minimum Gasteiger partial charge on any atom is -0.314 e. The predicted octanol–water partition coefficient (Wildman–Crippen LogP) is 1.90. The SMILES string of the molecule is CCC1(CC)CCN(CCn2cc(CNC)nn2)CC1. The van der Waals surface area contributed by atoms with E-state index < -0.39 is 0 Å². The van der Waals surface area contributed by atoms with Gasteiger partial charge in [-0.15, -0.1) is 5.10 Å². The normalized spacial score (nSPS) is 19.4. The summed E-state index contributed by atoms with van der Waals surface area (Å²) in [5.41, 5.74) is 1.63. The Kier molecular flexibility index (Phi) is 5.54. The molecule has 1 fully saturated rings. The van der Waals surface area contributed by atoms with E-state index in [0.29, 0.717) is 5.41 Å². The number of likely N-dealkylation sites (tertiary alicyclic amines) is 1. The quantitative estimate of drug-likeness (QED) is 0.828. The van der Waals surface area contributed by atoms with Crippen LogP contribution in [0.4, 0.5) is 0 Å². The third-order valence-electron chi connectivity index (χ3n) is 5.01. The standard InChI is InChI=1S/C15H29N5/c1-4-15(5-2)6-8-19(9-7-15)10-11-20-13-14(12-16-3)17-18-20/h13,16H,4-12H2,1-3H3. The van der Waals surface area contributed by atoms with Gasteiger partial charge < -0.3 is 10.2 Å². The Morgan fingerprint density at radius 3 is 2.50 bits per heavy atom. The van der Waals surface area contributed by atoms with E-state index in [9.17, 15) is 0 Å². The molecule has 0 bridgehead atoms. The van der Waals surface area contributed by atoms with Crippen LogP contribution in [-0.2, 0) is 13.1 Å². The summed E-state index contributed by atoms with van der Waals surface area (Å²) in [6, 6.07) is 0. The van der Waals surface area contributed by atoms with E-state index in [0.717, 1.165) is 25.3 Å². The zero-order valence-corrected chi connectivity index (χ0v) is 13.2. The van der Waals surface area contributed by atoms with Gasteiger partial charge in [-0.05, 0) is 38.4 Å². The average molecular weight is 279 g/mol. The van der Waals surface area contributed by atoms with Crippen LogP contribution in [0, 0.1) is 5.41 Å². The van der Waals surface area contributed by atoms with Gasteiger partial charge >= 0.3 is 0 Å². The summed E-state index contributed by atoms with van der Waals surface area (Å²) in [5.74, 6) is 0. The van der Waals surface area contributed by atoms with Crippen LogP contribution in [0.2, 0.25) is 0 Å². The largest absolute Gasteiger partial charge is 0.314 e. The zero-order chi connectivity index (χ0) is 14.4. The summed E-state index contributed by atoms with van der Waals surface area (Å²) in [7, 11) is 1.93. The molecule has 0 aliphatic carbocycles. The van der Waals surface area contributed by atoms with Crippen molar-refractivity contribution in [3.63, 3.8) is 0 Å². The van der Waals surface area contributed by atoms with E-state index >= 15 is 0 Å². The highest BCUT2D eigenvalue weighted by atomic mass is 15.4. The Labute approximate surface area is 122 Å². The number of rotatable bonds is 7. The fraction of sp³-hybridized carbons (Fsp3) is 0.867. The van der Waals surface area contributed by atoms with Crippen LogP contribution < -0.4 is 5.32 Å². The van der Waals surface area contributed by atoms with Crippen LogP contribution in [0.15, 0.2) is 6.20 Å². The van der Waals surface area contributed by atoms with Crippen molar-refractivity contribution in [1.29, 1.82) is 0 Å². The summed E-state index contributed by atoms with van der Waals surface area (Å²) in [6.45, 7) is 9.99. The molecule has 0 saturated carbocycles. The maximum atomic E-state index is 4.18. The van der Waals surface area contributed by atoms with Crippen molar-refractivity contribution in [1.82, 2.24) is 25.2 Å². The van der Waals surface area contributed by atoms with Gasteiger partial charge in [-0.25, -0.2) is 0 Å². The molecule has 20 heavy (non-hydrogen) atoms. The number of piperidine rings is 1. The Morgan fingerprint density at radius 1 is 1.20 bits per heavy atom. The van der Waals surface area contributed by atoms with E-state index in [2.05, 4.69) is 34.4 Å². The molecule has 0 spiro atoms. The fourth-order valence-corrected chi connectivity index (χ4v) is 3.16. The first-order valence-electron chi connectivity index (χ1n) is 7.97. The highest BCUT2D eigenvalue weighted by Crippen LogP contribution is 2.37. The Bertz CT molecular complexity index is 387. The van der Waals surface area contributed by atoms with Gasteiger partial charge in [0.1, 0.15) is 0 Å². The molecule has 1 aliphatic heterocycles. The lowest BCUT2D eigenvalue weighted by Gasteiger charge is -2.41. The van der Waals surface area contributed by atoms with Crippen molar-refractivity contribution in [2.75, 3.05) is 26.7 Å². The average Bonchev–Trinajstić information content (AvgIpc) is 2.94. The van der Waals surface area contributed by atoms with Crippen molar-refractivity contribution in [2.45, 2.75) is 52.6 Å². The predicted molar refractivity (Wildman–Crippen MR) is 81.5 cm³/mol. The number of hydrogen-bond acceptors (Lipinski definition) is 4. The van der Waals surface area contributed by atoms with E-state index in [1.165, 1.54) is 38.8 Å². The van der Waals surface area contributed by atoms with Crippen molar-refractivity contribution in [3.8, 4) is 0 Å². The van der Waals surface area contributed by atoms with Gasteiger partial charge in [0.15, 0.2) is 0 Å². The lowest BCUT2D eigenvalue weighted by molar-refractivity contribution is 0.0923. The Balaban J connectivity index is 1.75. The number of nitrogens with zero attached hydrogens (tertiary/aromatic N) is 4. The van der Waals surface area contributed by atoms with E-state index in [1.54, 1.807) is 0 Å². The minimum atomic E-state index is 0.615. The second-order valence-corrected chi connectivity index (χ2v) is 6.05. The van der Waals surface area contributed by atoms with Gasteiger partial charge in [-0.1, -0.05) is 31.9 Å². The molecule has 114 valence electrons. The van der Waals surface area contributed by atoms with Gasteiger partial charge in [0, 0.05) is 19.3 Å². The monoisotopic (exact) mass is 279 g/mol. The highest BCUT2D eigenvalue weighted by Gasteiger charge is 2.30. The van der Waals surface area contributed by atoms with Crippen LogP contribution in [0.25, 0.3) is 0 Å². The number of aromatic nitrogens is 3. The van der Waals surface area contributed by atoms with E-state index in [1.807, 2.05) is 17.9 Å². The lowest BCUT2D eigenvalue weighted by Crippen LogP contribution is -2.40. The maximum Gasteiger partial charge on any atom is 0.0964 e. The molecule has 0 atom stereocenters. The summed E-state index contributed by atoms with van der Waals surface area (Å²) < 4.78 is 1.97. The summed E-state index contributed by atoms with van der Waals surface area (Å²) in [4.78, 5) is 2.57. The first-order chi connectivity index (χ1) is 9.71. The summed E-state index contributed by atoms with van der Waals surface area (Å²) >= 11 is 0. The van der Waals surface area contributed by atoms with Crippen molar-refractivity contribution >= 4 is 0 Å². The molecule has 2 rings (SSSR count). The maximum absolute atomic E-state index is 4.18. The third-order valence-corrected chi connectivity index (χ3v) is 5.01. The molecular formula is C15H29N5. The first-order valence-corrected chi connectivity index (χ1v) is 7.97. The van der Waals surface area contributed by atoms with Gasteiger partial charge in [-0.3, -0.25) is 4.68 Å². The molecule has 5 nitrogen and oxygen atoms in total. The van der Waals surface area contributed by atoms with Crippen LogP contribution in [0.3, 0.4) is 0 Å². The fourth-order valence-electron chi connectivity index (χ4n) is 3.16. The molecule has 0 amide bonds. The Morgan fingerprint density at radius 2 is 1.90 bits per heavy atom. The molecular weight excluding hydrogens is 250 g/mol. The van der Waals surface area contributed by atoms with E-state index in [4.69, 9.17) is 0 Å². The van der Waals surface area contributed by atoms with Crippen molar-refractivity contribution < 1.29 is 0 Å². The van der Waals surface area contributed by atoms with Gasteiger partial charge in [0.05, 0.1) is 12.2 Å². The molecule has 1 aromatic rings. The van der Waals surface area contributed by atoms with Gasteiger partial charge in [0.25, 0.3) is 0 Å². The van der Waals surface area contributed by atoms with Gasteiger partial charge in [-0.2, -0.15) is 0 Å². The van der Waals surface area contributed by atoms with Crippen LogP contribution in [0.5, 0.6) is 0 Å². The lowest BCUT2D eigenvalue weighted by atomic mass is 9.74. The van der Waals surface area contributed by atoms with Crippen LogP contribution >= 0.6 is 0 Å². The highest BCUT2D eigenvalue weighted by molar-refractivity contribution is 4.91. The molecule has 0 unspecified atom stereocenters. The number of hydrogen-bond donors (Lipinski definition) is 1. The smallest absolute Gasteiger partial charge is 0.0964 e. The van der Waals surface area contributed by atoms with Crippen LogP contribution in [0.1, 0.15) is 45.2 Å². The molecule has 1 aromatic heterocycles. The molecule has 2 heterocycles. The molecule has 1 aliphatic rings. The molecule has 1 N–H and O–H groups in total. The third kappa shape index (κ3) is 3.79. The molecule has 0 aromatic carbocycles. The second-order valence-electron chi connectivity index (χ2n) is 6.05. The minimum absolute atomic E-state index is 0.615. The van der Waals surface area contributed by atoms with Crippen LogP contribution in [-0.4, -0.2) is 46.6 Å². The number of nitrogens with one attached hydrogen (secondary N) is 1. The van der Waals surface area contributed by atoms with Gasteiger partial charge in [0.2, 0.25) is 0 Å². The first kappa shape index (κ1) is 15.4. The van der Waals surface area contributed by atoms with E-state index in [-0.39, 0.29) is 0 Å². The molecule has 1 saturated heterocycles. The Hall–Kier alpha value is -0.940. The zero-order valence-electron chi connectivity index (χ0n) is 13.2. The summed E-state index contributed by atoms with van der Waals surface area (Å²) in [6.07, 6.45) is 7.40. The summed E-state index contributed by atoms with van der Waals surface area (Å²) in [5, 5.41) is 11.4. The molecule has 0 radical (unpaired) electrons. The molecule has 5 heteroatoms. The van der Waals surface area contributed by atoms with Crippen molar-refractivity contribution in [3.05, 3.63) is 11.9 Å². The topological polar surface area (TPSA) is 46.0 Å². The van der Waals surface area contributed by atoms with Crippen molar-refractivity contribution in [2.24, 2.45) is 5.41 Å². The second kappa shape index (κ2) is 7.18.